The van der Waals surface area contributed by atoms with Crippen molar-refractivity contribution >= 4 is 0 Å². The van der Waals surface area contributed by atoms with Gasteiger partial charge in [-0.1, -0.05) is 6.92 Å². The lowest BCUT2D eigenvalue weighted by Gasteiger charge is -2.24. The van der Waals surface area contributed by atoms with Gasteiger partial charge in [0.15, 0.2) is 0 Å². The molecular weight excluding hydrogens is 226 g/mol. The zero-order valence-electron chi connectivity index (χ0n) is 11.2. The molecule has 1 N–H and O–H groups in total. The first kappa shape index (κ1) is 13.2. The van der Waals surface area contributed by atoms with E-state index in [0.29, 0.717) is 6.04 Å². The van der Waals surface area contributed by atoms with Crippen LogP contribution in [0.1, 0.15) is 38.4 Å². The first-order valence-electron chi connectivity index (χ1n) is 6.96. The largest absolute Gasteiger partial charge is 0.501 e. The van der Waals surface area contributed by atoms with Gasteiger partial charge in [-0.2, -0.15) is 0 Å². The molecule has 0 amide bonds. The normalized spacial score (nSPS) is 17.1. The van der Waals surface area contributed by atoms with Crippen LogP contribution in [0.25, 0.3) is 0 Å². The second-order valence-electron chi connectivity index (χ2n) is 4.79. The smallest absolute Gasteiger partial charge is 0.103 e. The summed E-state index contributed by atoms with van der Waals surface area (Å²) in [7, 11) is 0. The second kappa shape index (κ2) is 7.27. The van der Waals surface area contributed by atoms with Crippen LogP contribution in [-0.4, -0.2) is 19.2 Å². The van der Waals surface area contributed by atoms with Crippen molar-refractivity contribution in [2.24, 2.45) is 0 Å². The number of hydrogen-bond donors (Lipinski definition) is 1. The van der Waals surface area contributed by atoms with Gasteiger partial charge in [-0.15, -0.1) is 0 Å². The van der Waals surface area contributed by atoms with Crippen molar-refractivity contribution in [2.45, 2.75) is 45.1 Å². The number of hydrogen-bond acceptors (Lipinski definition) is 3. The van der Waals surface area contributed by atoms with Crippen LogP contribution in [0.4, 0.5) is 0 Å². The zero-order valence-corrected chi connectivity index (χ0v) is 11.2. The molecule has 1 aromatic rings. The lowest BCUT2D eigenvalue weighted by molar-refractivity contribution is 0.218. The van der Waals surface area contributed by atoms with E-state index in [9.17, 15) is 0 Å². The number of furan rings is 1. The van der Waals surface area contributed by atoms with Gasteiger partial charge in [-0.3, -0.25) is 0 Å². The summed E-state index contributed by atoms with van der Waals surface area (Å²) < 4.78 is 10.9. The molecule has 1 aliphatic rings. The minimum atomic E-state index is 0.426. The van der Waals surface area contributed by atoms with Crippen LogP contribution < -0.4 is 5.32 Å². The van der Waals surface area contributed by atoms with E-state index < -0.39 is 0 Å². The summed E-state index contributed by atoms with van der Waals surface area (Å²) in [5, 5.41) is 3.61. The molecule has 0 fully saturated rings. The van der Waals surface area contributed by atoms with Crippen molar-refractivity contribution < 1.29 is 9.15 Å². The fraction of sp³-hybridized carbons (Fsp3) is 0.600. The number of rotatable bonds is 7. The van der Waals surface area contributed by atoms with E-state index >= 15 is 0 Å². The van der Waals surface area contributed by atoms with Crippen molar-refractivity contribution in [3.8, 4) is 0 Å². The summed E-state index contributed by atoms with van der Waals surface area (Å²) in [4.78, 5) is 0. The van der Waals surface area contributed by atoms with Crippen molar-refractivity contribution in [1.29, 1.82) is 0 Å². The molecular formula is C15H23NO2. The standard InChI is InChI=1S/C15H23NO2/c1-2-9-16-15(13-5-3-10-17-12-13)8-7-14-6-4-11-18-14/h4,6,11-12,15-16H,2-3,5,7-10H2,1H3. The summed E-state index contributed by atoms with van der Waals surface area (Å²) in [6.07, 6.45) is 9.20. The Morgan fingerprint density at radius 2 is 2.39 bits per heavy atom. The number of nitrogens with one attached hydrogen (secondary N) is 1. The van der Waals surface area contributed by atoms with Crippen LogP contribution >= 0.6 is 0 Å². The van der Waals surface area contributed by atoms with E-state index in [0.717, 1.165) is 51.0 Å². The average Bonchev–Trinajstić information content (AvgIpc) is 2.93. The van der Waals surface area contributed by atoms with Crippen LogP contribution in [0.2, 0.25) is 0 Å². The van der Waals surface area contributed by atoms with Crippen molar-refractivity contribution in [3.05, 3.63) is 36.0 Å². The predicted molar refractivity (Wildman–Crippen MR) is 72.4 cm³/mol. The van der Waals surface area contributed by atoms with Crippen molar-refractivity contribution in [1.82, 2.24) is 5.32 Å². The maximum Gasteiger partial charge on any atom is 0.103 e. The molecule has 0 saturated carbocycles. The Hall–Kier alpha value is -1.22. The molecule has 1 aliphatic heterocycles. The van der Waals surface area contributed by atoms with Crippen molar-refractivity contribution in [3.63, 3.8) is 0 Å². The second-order valence-corrected chi connectivity index (χ2v) is 4.79. The van der Waals surface area contributed by atoms with Gasteiger partial charge in [-0.25, -0.2) is 0 Å². The van der Waals surface area contributed by atoms with E-state index in [2.05, 4.69) is 12.2 Å². The first-order chi connectivity index (χ1) is 8.90. The molecule has 18 heavy (non-hydrogen) atoms. The topological polar surface area (TPSA) is 34.4 Å². The first-order valence-corrected chi connectivity index (χ1v) is 6.96. The van der Waals surface area contributed by atoms with Crippen LogP contribution in [0.5, 0.6) is 0 Å². The minimum absolute atomic E-state index is 0.426. The molecule has 0 aliphatic carbocycles. The van der Waals surface area contributed by atoms with Crippen LogP contribution in [-0.2, 0) is 11.2 Å². The summed E-state index contributed by atoms with van der Waals surface area (Å²) >= 11 is 0. The van der Waals surface area contributed by atoms with Gasteiger partial charge in [0.2, 0.25) is 0 Å². The van der Waals surface area contributed by atoms with E-state index in [-0.39, 0.29) is 0 Å². The Morgan fingerprint density at radius 3 is 3.06 bits per heavy atom. The molecule has 0 saturated heterocycles. The Kier molecular flexibility index (Phi) is 5.34. The van der Waals surface area contributed by atoms with Gasteiger partial charge in [-0.05, 0) is 49.9 Å². The zero-order chi connectivity index (χ0) is 12.6. The summed E-state index contributed by atoms with van der Waals surface area (Å²) in [5.74, 6) is 1.07. The Bertz CT molecular complexity index is 357. The quantitative estimate of drug-likeness (QED) is 0.805. The molecule has 2 heterocycles. The Balaban J connectivity index is 1.89. The molecule has 0 radical (unpaired) electrons. The highest BCUT2D eigenvalue weighted by molar-refractivity contribution is 5.11. The third-order valence-electron chi connectivity index (χ3n) is 3.31. The SMILES string of the molecule is CCCNC(CCc1ccco1)C1=COCCC1. The summed E-state index contributed by atoms with van der Waals surface area (Å²) in [5.41, 5.74) is 1.40. The highest BCUT2D eigenvalue weighted by atomic mass is 16.5. The molecule has 2 rings (SSSR count). The maximum absolute atomic E-state index is 5.45. The Morgan fingerprint density at radius 1 is 1.44 bits per heavy atom. The number of aryl methyl sites for hydroxylation is 1. The third kappa shape index (κ3) is 3.91. The Labute approximate surface area is 109 Å². The molecule has 1 atom stereocenters. The molecule has 1 aromatic heterocycles. The summed E-state index contributed by atoms with van der Waals surface area (Å²) in [6, 6.07) is 4.42. The highest BCUT2D eigenvalue weighted by Gasteiger charge is 2.16. The van der Waals surface area contributed by atoms with Gasteiger partial charge in [0.25, 0.3) is 0 Å². The molecule has 100 valence electrons. The molecule has 3 heteroatoms. The molecule has 0 spiro atoms. The minimum Gasteiger partial charge on any atom is -0.501 e. The van der Waals surface area contributed by atoms with Crippen molar-refractivity contribution in [2.75, 3.05) is 13.2 Å². The monoisotopic (exact) mass is 249 g/mol. The van der Waals surface area contributed by atoms with Crippen LogP contribution in [0.15, 0.2) is 34.6 Å². The van der Waals surface area contributed by atoms with Crippen LogP contribution in [0.3, 0.4) is 0 Å². The van der Waals surface area contributed by atoms with Gasteiger partial charge < -0.3 is 14.5 Å². The number of ether oxygens (including phenoxy) is 1. The van der Waals surface area contributed by atoms with Gasteiger partial charge in [0.05, 0.1) is 19.1 Å². The van der Waals surface area contributed by atoms with Crippen LogP contribution in [0, 0.1) is 0 Å². The van der Waals surface area contributed by atoms with Gasteiger partial charge in [0.1, 0.15) is 5.76 Å². The predicted octanol–water partition coefficient (Wildman–Crippen LogP) is 3.27. The fourth-order valence-electron chi connectivity index (χ4n) is 2.32. The summed E-state index contributed by atoms with van der Waals surface area (Å²) in [6.45, 7) is 4.12. The van der Waals surface area contributed by atoms with E-state index in [4.69, 9.17) is 9.15 Å². The van der Waals surface area contributed by atoms with E-state index in [1.165, 1.54) is 5.57 Å². The molecule has 0 aromatic carbocycles. The molecule has 0 bridgehead atoms. The van der Waals surface area contributed by atoms with Gasteiger partial charge in [0, 0.05) is 12.5 Å². The van der Waals surface area contributed by atoms with E-state index in [1.807, 2.05) is 18.4 Å². The lowest BCUT2D eigenvalue weighted by atomic mass is 9.97. The molecule has 3 nitrogen and oxygen atoms in total. The fourth-order valence-corrected chi connectivity index (χ4v) is 2.32. The van der Waals surface area contributed by atoms with E-state index in [1.54, 1.807) is 6.26 Å². The van der Waals surface area contributed by atoms with Gasteiger partial charge >= 0.3 is 0 Å². The third-order valence-corrected chi connectivity index (χ3v) is 3.31. The highest BCUT2D eigenvalue weighted by Crippen LogP contribution is 2.19. The average molecular weight is 249 g/mol. The maximum atomic E-state index is 5.45. The molecule has 1 unspecified atom stereocenters. The lowest BCUT2D eigenvalue weighted by Crippen LogP contribution is -2.33.